The molecule has 0 aliphatic rings. The second-order valence-corrected chi connectivity index (χ2v) is 2.83. The molecule has 0 fully saturated rings. The summed E-state index contributed by atoms with van der Waals surface area (Å²) in [6, 6.07) is 0. The fraction of sp³-hybridized carbons (Fsp3) is 1.00. The smallest absolute Gasteiger partial charge is 0.0491 e. The average molecular weight is 211 g/mol. The Hall–Kier alpha value is -2.11. The lowest BCUT2D eigenvalue weighted by atomic mass is 9.89. The molecule has 10 nitrogen and oxygen atoms in total. The Balaban J connectivity index is 4.78. The molecule has 0 radical (unpaired) electrons. The van der Waals surface area contributed by atoms with Crippen LogP contribution in [0.15, 0.2) is 15.3 Å². The zero-order valence-electron chi connectivity index (χ0n) is 7.80. The van der Waals surface area contributed by atoms with E-state index < -0.39 is 12.0 Å². The van der Waals surface area contributed by atoms with Crippen molar-refractivity contribution in [2.24, 2.45) is 20.8 Å². The van der Waals surface area contributed by atoms with Gasteiger partial charge < -0.3 is 5.11 Å². The Morgan fingerprint density at radius 1 is 0.867 bits per heavy atom. The van der Waals surface area contributed by atoms with E-state index in [4.69, 9.17) is 21.7 Å². The predicted octanol–water partition coefficient (Wildman–Crippen LogP) is 1.90. The van der Waals surface area contributed by atoms with Crippen LogP contribution in [0.4, 0.5) is 0 Å². The molecule has 10 heteroatoms. The van der Waals surface area contributed by atoms with Crippen molar-refractivity contribution < 1.29 is 5.11 Å². The molecule has 0 aromatic heterocycles. The number of aliphatic hydroxyl groups is 1. The zero-order chi connectivity index (χ0) is 11.6. The normalized spacial score (nSPS) is 12.6. The molecular formula is C5H9N9O. The first-order chi connectivity index (χ1) is 7.24. The van der Waals surface area contributed by atoms with Crippen molar-refractivity contribution in [1.82, 2.24) is 0 Å². The van der Waals surface area contributed by atoms with Gasteiger partial charge in [-0.15, -0.1) is 0 Å². The minimum atomic E-state index is -1.01. The summed E-state index contributed by atoms with van der Waals surface area (Å²) in [5, 5.41) is 18.9. The van der Waals surface area contributed by atoms with E-state index in [1.807, 2.05) is 0 Å². The topological polar surface area (TPSA) is 167 Å². The molecular weight excluding hydrogens is 202 g/mol. The van der Waals surface area contributed by atoms with Crippen LogP contribution in [0.5, 0.6) is 0 Å². The van der Waals surface area contributed by atoms with Crippen LogP contribution in [0.1, 0.15) is 0 Å². The number of nitrogens with zero attached hydrogens (tertiary/aromatic N) is 9. The lowest BCUT2D eigenvalue weighted by molar-refractivity contribution is 0.146. The average Bonchev–Trinajstić information content (AvgIpc) is 2.29. The summed E-state index contributed by atoms with van der Waals surface area (Å²) < 4.78 is 0. The lowest BCUT2D eigenvalue weighted by Gasteiger charge is -2.25. The third-order valence-electron chi connectivity index (χ3n) is 1.74. The molecule has 0 unspecified atom stereocenters. The molecule has 0 saturated carbocycles. The quantitative estimate of drug-likeness (QED) is 0.379. The second kappa shape index (κ2) is 7.31. The fourth-order valence-electron chi connectivity index (χ4n) is 0.845. The summed E-state index contributed by atoms with van der Waals surface area (Å²) in [5.41, 5.74) is 23.4. The molecule has 0 bridgehead atoms. The molecule has 0 atom stereocenters. The van der Waals surface area contributed by atoms with E-state index in [0.29, 0.717) is 0 Å². The van der Waals surface area contributed by atoms with Gasteiger partial charge in [-0.1, -0.05) is 15.3 Å². The monoisotopic (exact) mass is 211 g/mol. The highest BCUT2D eigenvalue weighted by Gasteiger charge is 2.27. The minimum Gasteiger partial charge on any atom is -0.396 e. The maximum absolute atomic E-state index is 9.11. The number of aliphatic hydroxyl groups excluding tert-OH is 1. The van der Waals surface area contributed by atoms with Gasteiger partial charge >= 0.3 is 0 Å². The molecule has 0 aliphatic carbocycles. The van der Waals surface area contributed by atoms with Crippen LogP contribution in [0.2, 0.25) is 0 Å². The van der Waals surface area contributed by atoms with Crippen molar-refractivity contribution in [2.75, 3.05) is 26.2 Å². The highest BCUT2D eigenvalue weighted by Crippen LogP contribution is 2.19. The summed E-state index contributed by atoms with van der Waals surface area (Å²) >= 11 is 0. The zero-order valence-corrected chi connectivity index (χ0v) is 7.80. The number of rotatable bonds is 7. The maximum atomic E-state index is 9.11. The molecule has 80 valence electrons. The molecule has 0 rings (SSSR count). The van der Waals surface area contributed by atoms with E-state index in [1.54, 1.807) is 0 Å². The summed E-state index contributed by atoms with van der Waals surface area (Å²) in [7, 11) is 0. The molecule has 0 aliphatic heterocycles. The molecule has 15 heavy (non-hydrogen) atoms. The van der Waals surface area contributed by atoms with Crippen molar-refractivity contribution in [3.8, 4) is 0 Å². The third-order valence-corrected chi connectivity index (χ3v) is 1.74. The van der Waals surface area contributed by atoms with Gasteiger partial charge in [0.1, 0.15) is 0 Å². The molecule has 0 heterocycles. The van der Waals surface area contributed by atoms with Gasteiger partial charge in [0.05, 0.1) is 0 Å². The summed E-state index contributed by atoms with van der Waals surface area (Å²) in [4.78, 5) is 7.59. The van der Waals surface area contributed by atoms with E-state index >= 15 is 0 Å². The van der Waals surface area contributed by atoms with Gasteiger partial charge in [-0.05, 0) is 16.6 Å². The van der Waals surface area contributed by atoms with Crippen LogP contribution in [-0.4, -0.2) is 31.3 Å². The van der Waals surface area contributed by atoms with Gasteiger partial charge in [0.15, 0.2) is 0 Å². The summed E-state index contributed by atoms with van der Waals surface area (Å²) in [6.07, 6.45) is 0. The highest BCUT2D eigenvalue weighted by molar-refractivity contribution is 4.86. The standard InChI is InChI=1S/C5H9N9O/c6-12-9-1-5(4-15,2-10-13-7)3-11-14-8/h15H,1-4H2. The summed E-state index contributed by atoms with van der Waals surface area (Å²) in [6.45, 7) is -0.696. The number of hydrogen-bond donors (Lipinski definition) is 1. The largest absolute Gasteiger partial charge is 0.396 e. The number of azide groups is 3. The predicted molar refractivity (Wildman–Crippen MR) is 51.6 cm³/mol. The van der Waals surface area contributed by atoms with Crippen molar-refractivity contribution >= 4 is 0 Å². The maximum Gasteiger partial charge on any atom is 0.0491 e. The van der Waals surface area contributed by atoms with Gasteiger partial charge in [-0.2, -0.15) is 0 Å². The molecule has 0 aromatic carbocycles. The van der Waals surface area contributed by atoms with Crippen LogP contribution in [0, 0.1) is 5.41 Å². The first-order valence-electron chi connectivity index (χ1n) is 3.88. The van der Waals surface area contributed by atoms with Gasteiger partial charge in [-0.25, -0.2) is 0 Å². The molecule has 0 amide bonds. The van der Waals surface area contributed by atoms with Crippen LogP contribution in [-0.2, 0) is 0 Å². The van der Waals surface area contributed by atoms with Crippen molar-refractivity contribution in [1.29, 1.82) is 0 Å². The van der Waals surface area contributed by atoms with E-state index in [1.165, 1.54) is 0 Å². The van der Waals surface area contributed by atoms with Crippen LogP contribution >= 0.6 is 0 Å². The van der Waals surface area contributed by atoms with Crippen molar-refractivity contribution in [3.63, 3.8) is 0 Å². The first kappa shape index (κ1) is 12.9. The van der Waals surface area contributed by atoms with Gasteiger partial charge in [-0.3, -0.25) is 0 Å². The Bertz CT molecular complexity index is 282. The third kappa shape index (κ3) is 4.61. The Morgan fingerprint density at radius 3 is 1.40 bits per heavy atom. The van der Waals surface area contributed by atoms with Crippen molar-refractivity contribution in [2.45, 2.75) is 0 Å². The first-order valence-corrected chi connectivity index (χ1v) is 3.88. The second-order valence-electron chi connectivity index (χ2n) is 2.83. The highest BCUT2D eigenvalue weighted by atomic mass is 16.3. The van der Waals surface area contributed by atoms with E-state index in [0.717, 1.165) is 0 Å². The SMILES string of the molecule is [N-]=[N+]=NCC(CO)(CN=[N+]=[N-])CN=[N+]=[N-]. The Labute approximate surface area is 84.4 Å². The molecule has 1 N–H and O–H groups in total. The van der Waals surface area contributed by atoms with Crippen LogP contribution in [0.3, 0.4) is 0 Å². The van der Waals surface area contributed by atoms with Crippen molar-refractivity contribution in [3.05, 3.63) is 31.3 Å². The molecule has 0 spiro atoms. The van der Waals surface area contributed by atoms with Gasteiger partial charge in [0, 0.05) is 46.4 Å². The number of hydrogen-bond acceptors (Lipinski definition) is 4. The minimum absolute atomic E-state index is 0.0992. The van der Waals surface area contributed by atoms with E-state index in [2.05, 4.69) is 30.1 Å². The van der Waals surface area contributed by atoms with Crippen LogP contribution < -0.4 is 0 Å². The Morgan fingerprint density at radius 2 is 1.20 bits per heavy atom. The van der Waals surface area contributed by atoms with E-state index in [-0.39, 0.29) is 19.6 Å². The van der Waals surface area contributed by atoms with Crippen LogP contribution in [0.25, 0.3) is 31.3 Å². The fourth-order valence-corrected chi connectivity index (χ4v) is 0.845. The van der Waals surface area contributed by atoms with E-state index in [9.17, 15) is 0 Å². The Kier molecular flexibility index (Phi) is 6.28. The van der Waals surface area contributed by atoms with Gasteiger partial charge in [0.2, 0.25) is 0 Å². The molecule has 0 aromatic rings. The summed E-state index contributed by atoms with van der Waals surface area (Å²) in [5.74, 6) is 0. The van der Waals surface area contributed by atoms with Gasteiger partial charge in [0.25, 0.3) is 0 Å². The molecule has 0 saturated heterocycles. The lowest BCUT2D eigenvalue weighted by Crippen LogP contribution is -2.35.